The molecule has 0 heterocycles. The summed E-state index contributed by atoms with van der Waals surface area (Å²) in [6.45, 7) is 4.13. The second-order valence-corrected chi connectivity index (χ2v) is 11.0. The maximum Gasteiger partial charge on any atom is 0.249 e. The molecule has 0 saturated heterocycles. The molecule has 0 aromatic heterocycles. The summed E-state index contributed by atoms with van der Waals surface area (Å²) in [4.78, 5) is 12.3. The third-order valence-corrected chi connectivity index (χ3v) is 7.38. The molecule has 0 aliphatic heterocycles. The summed E-state index contributed by atoms with van der Waals surface area (Å²) in [6.07, 6.45) is 29.3. The fourth-order valence-electron chi connectivity index (χ4n) is 4.77. The predicted octanol–water partition coefficient (Wildman–Crippen LogP) is 7.75. The minimum atomic E-state index is -1.09. The number of amides is 1. The van der Waals surface area contributed by atoms with Gasteiger partial charge in [0.15, 0.2) is 0 Å². The Morgan fingerprint density at radius 3 is 1.49 bits per heavy atom. The number of carbonyl (C=O) groups is 1. The molecule has 5 nitrogen and oxygen atoms in total. The Balaban J connectivity index is 3.81. The fourth-order valence-corrected chi connectivity index (χ4v) is 4.77. The SMILES string of the molecule is CCCCCCCCCCCCC/C=C/C(O)C(CO)NC(=O)C(O)CCCCCCCCCCCC. The zero-order valence-electron chi connectivity index (χ0n) is 24.6. The van der Waals surface area contributed by atoms with Gasteiger partial charge in [-0.1, -0.05) is 154 Å². The molecule has 0 aliphatic carbocycles. The summed E-state index contributed by atoms with van der Waals surface area (Å²) in [5, 5.41) is 32.7. The number of aliphatic hydroxyl groups is 3. The lowest BCUT2D eigenvalue weighted by atomic mass is 10.0. The van der Waals surface area contributed by atoms with Crippen molar-refractivity contribution < 1.29 is 20.1 Å². The van der Waals surface area contributed by atoms with Crippen molar-refractivity contribution in [3.05, 3.63) is 12.2 Å². The van der Waals surface area contributed by atoms with Gasteiger partial charge in [0.05, 0.1) is 18.8 Å². The fraction of sp³-hybridized carbons (Fsp3) is 0.906. The molecule has 0 aromatic carbocycles. The van der Waals surface area contributed by atoms with Crippen molar-refractivity contribution >= 4 is 5.91 Å². The van der Waals surface area contributed by atoms with Gasteiger partial charge in [0.25, 0.3) is 0 Å². The largest absolute Gasteiger partial charge is 0.394 e. The van der Waals surface area contributed by atoms with Crippen LogP contribution in [-0.4, -0.2) is 46.1 Å². The van der Waals surface area contributed by atoms with E-state index >= 15 is 0 Å². The quantitative estimate of drug-likeness (QED) is 0.0621. The monoisotopic (exact) mass is 525 g/mol. The van der Waals surface area contributed by atoms with Crippen molar-refractivity contribution in [2.24, 2.45) is 0 Å². The van der Waals surface area contributed by atoms with Crippen molar-refractivity contribution in [3.8, 4) is 0 Å². The van der Waals surface area contributed by atoms with E-state index in [-0.39, 0.29) is 6.61 Å². The van der Waals surface area contributed by atoms with Gasteiger partial charge in [0.2, 0.25) is 5.91 Å². The Hall–Kier alpha value is -0.910. The molecular weight excluding hydrogens is 462 g/mol. The van der Waals surface area contributed by atoms with Crippen LogP contribution in [0.15, 0.2) is 12.2 Å². The van der Waals surface area contributed by atoms with E-state index in [2.05, 4.69) is 19.2 Å². The van der Waals surface area contributed by atoms with E-state index < -0.39 is 24.2 Å². The third-order valence-electron chi connectivity index (χ3n) is 7.38. The number of allylic oxidation sites excluding steroid dienone is 1. The topological polar surface area (TPSA) is 89.8 Å². The zero-order valence-corrected chi connectivity index (χ0v) is 24.6. The van der Waals surface area contributed by atoms with Crippen molar-refractivity contribution in [2.75, 3.05) is 6.61 Å². The molecule has 3 atom stereocenters. The zero-order chi connectivity index (χ0) is 27.4. The molecule has 37 heavy (non-hydrogen) atoms. The number of nitrogens with one attached hydrogen (secondary N) is 1. The van der Waals surface area contributed by atoms with Crippen LogP contribution < -0.4 is 5.32 Å². The normalized spacial score (nSPS) is 14.2. The number of hydrogen-bond donors (Lipinski definition) is 4. The first-order valence-corrected chi connectivity index (χ1v) is 16.0. The molecule has 220 valence electrons. The lowest BCUT2D eigenvalue weighted by molar-refractivity contribution is -0.131. The van der Waals surface area contributed by atoms with Gasteiger partial charge >= 0.3 is 0 Å². The van der Waals surface area contributed by atoms with Crippen molar-refractivity contribution in [1.29, 1.82) is 0 Å². The van der Waals surface area contributed by atoms with Gasteiger partial charge < -0.3 is 20.6 Å². The Morgan fingerprint density at radius 2 is 1.05 bits per heavy atom. The molecule has 0 spiro atoms. The van der Waals surface area contributed by atoms with Crippen LogP contribution in [0.1, 0.15) is 162 Å². The minimum absolute atomic E-state index is 0.360. The molecule has 0 aromatic rings. The second kappa shape index (κ2) is 28.1. The number of aliphatic hydroxyl groups excluding tert-OH is 3. The molecule has 0 bridgehead atoms. The first-order chi connectivity index (χ1) is 18.1. The molecule has 0 aliphatic rings. The maximum absolute atomic E-state index is 12.3. The van der Waals surface area contributed by atoms with Gasteiger partial charge in [-0.25, -0.2) is 0 Å². The van der Waals surface area contributed by atoms with Crippen LogP contribution in [0.5, 0.6) is 0 Å². The smallest absolute Gasteiger partial charge is 0.249 e. The Morgan fingerprint density at radius 1 is 0.649 bits per heavy atom. The predicted molar refractivity (Wildman–Crippen MR) is 158 cm³/mol. The summed E-state index contributed by atoms with van der Waals surface area (Å²) < 4.78 is 0. The highest BCUT2D eigenvalue weighted by Gasteiger charge is 2.22. The van der Waals surface area contributed by atoms with E-state index in [4.69, 9.17) is 0 Å². The molecule has 0 saturated carbocycles. The standard InChI is InChI=1S/C32H63NO4/c1-3-5-7-9-11-13-15-16-17-19-20-22-24-26-30(35)29(28-34)33-32(37)31(36)27-25-23-21-18-14-12-10-8-6-4-2/h24,26,29-31,34-36H,3-23,25,27-28H2,1-2H3,(H,33,37)/b26-24+. The van der Waals surface area contributed by atoms with E-state index in [9.17, 15) is 20.1 Å². The van der Waals surface area contributed by atoms with Gasteiger partial charge in [-0.3, -0.25) is 4.79 Å². The van der Waals surface area contributed by atoms with E-state index in [1.165, 1.54) is 109 Å². The number of carbonyl (C=O) groups excluding carboxylic acids is 1. The molecule has 5 heteroatoms. The summed E-state index contributed by atoms with van der Waals surface area (Å²) in [5.41, 5.74) is 0. The van der Waals surface area contributed by atoms with Crippen LogP contribution in [0, 0.1) is 0 Å². The van der Waals surface area contributed by atoms with Crippen molar-refractivity contribution in [2.45, 2.75) is 180 Å². The minimum Gasteiger partial charge on any atom is -0.394 e. The van der Waals surface area contributed by atoms with Gasteiger partial charge in [-0.2, -0.15) is 0 Å². The first kappa shape index (κ1) is 36.1. The number of rotatable bonds is 28. The van der Waals surface area contributed by atoms with Crippen LogP contribution in [0.2, 0.25) is 0 Å². The molecule has 4 N–H and O–H groups in total. The van der Waals surface area contributed by atoms with Gasteiger partial charge in [0, 0.05) is 0 Å². The lowest BCUT2D eigenvalue weighted by Crippen LogP contribution is -2.48. The lowest BCUT2D eigenvalue weighted by Gasteiger charge is -2.21. The Labute approximate surface area is 229 Å². The van der Waals surface area contributed by atoms with Crippen LogP contribution in [0.4, 0.5) is 0 Å². The van der Waals surface area contributed by atoms with E-state index in [0.717, 1.165) is 32.1 Å². The average Bonchev–Trinajstić information content (AvgIpc) is 2.90. The molecule has 1 amide bonds. The van der Waals surface area contributed by atoms with E-state index in [1.807, 2.05) is 6.08 Å². The van der Waals surface area contributed by atoms with Gasteiger partial charge in [-0.05, 0) is 19.3 Å². The third kappa shape index (κ3) is 23.9. The first-order valence-electron chi connectivity index (χ1n) is 16.0. The highest BCUT2D eigenvalue weighted by Crippen LogP contribution is 2.13. The summed E-state index contributed by atoms with van der Waals surface area (Å²) in [7, 11) is 0. The van der Waals surface area contributed by atoms with E-state index in [1.54, 1.807) is 6.08 Å². The molecule has 3 unspecified atom stereocenters. The Kier molecular flexibility index (Phi) is 27.4. The van der Waals surface area contributed by atoms with Crippen molar-refractivity contribution in [3.63, 3.8) is 0 Å². The van der Waals surface area contributed by atoms with Gasteiger partial charge in [-0.15, -0.1) is 0 Å². The highest BCUT2D eigenvalue weighted by atomic mass is 16.3. The molecular formula is C32H63NO4. The molecule has 0 rings (SSSR count). The second-order valence-electron chi connectivity index (χ2n) is 11.0. The van der Waals surface area contributed by atoms with Gasteiger partial charge in [0.1, 0.15) is 6.10 Å². The van der Waals surface area contributed by atoms with Crippen molar-refractivity contribution in [1.82, 2.24) is 5.32 Å². The summed E-state index contributed by atoms with van der Waals surface area (Å²) in [6, 6.07) is -0.788. The number of hydrogen-bond acceptors (Lipinski definition) is 4. The van der Waals surface area contributed by atoms with Crippen LogP contribution in [-0.2, 0) is 4.79 Å². The van der Waals surface area contributed by atoms with Crippen LogP contribution >= 0.6 is 0 Å². The highest BCUT2D eigenvalue weighted by molar-refractivity contribution is 5.80. The summed E-state index contributed by atoms with van der Waals surface area (Å²) in [5.74, 6) is -0.507. The maximum atomic E-state index is 12.3. The summed E-state index contributed by atoms with van der Waals surface area (Å²) >= 11 is 0. The van der Waals surface area contributed by atoms with E-state index in [0.29, 0.717) is 6.42 Å². The average molecular weight is 526 g/mol. The molecule has 0 radical (unpaired) electrons. The number of unbranched alkanes of at least 4 members (excludes halogenated alkanes) is 20. The van der Waals surface area contributed by atoms with Crippen LogP contribution in [0.3, 0.4) is 0 Å². The molecule has 0 fully saturated rings. The Bertz CT molecular complexity index is 511. The van der Waals surface area contributed by atoms with Crippen LogP contribution in [0.25, 0.3) is 0 Å².